The molecule has 154 valence electrons. The van der Waals surface area contributed by atoms with Crippen LogP contribution in [-0.4, -0.2) is 18.0 Å². The molecule has 0 atom stereocenters. The van der Waals surface area contributed by atoms with Gasteiger partial charge in [0.15, 0.2) is 0 Å². The third-order valence-corrected chi connectivity index (χ3v) is 4.27. The van der Waals surface area contributed by atoms with E-state index in [1.54, 1.807) is 36.6 Å². The zero-order valence-corrected chi connectivity index (χ0v) is 17.2. The van der Waals surface area contributed by atoms with Gasteiger partial charge in [-0.25, -0.2) is 5.43 Å². The molecule has 0 aromatic heterocycles. The summed E-state index contributed by atoms with van der Waals surface area (Å²) in [5.74, 6) is -0.890. The number of rotatable bonds is 7. The molecule has 0 aliphatic carbocycles. The third-order valence-electron chi connectivity index (χ3n) is 4.27. The molecule has 0 spiro atoms. The minimum absolute atomic E-state index is 0.101. The Hall–Kier alpha value is -4.25. The molecule has 3 aromatic carbocycles. The first-order valence-electron chi connectivity index (χ1n) is 9.82. The van der Waals surface area contributed by atoms with Crippen molar-refractivity contribution in [3.05, 3.63) is 125 Å². The van der Waals surface area contributed by atoms with Gasteiger partial charge in [0.25, 0.3) is 11.8 Å². The van der Waals surface area contributed by atoms with E-state index in [0.717, 1.165) is 16.7 Å². The molecule has 0 aliphatic heterocycles. The Morgan fingerprint density at radius 1 is 0.774 bits per heavy atom. The quantitative estimate of drug-likeness (QED) is 0.260. The predicted molar refractivity (Wildman–Crippen MR) is 124 cm³/mol. The van der Waals surface area contributed by atoms with E-state index >= 15 is 0 Å². The molecule has 0 unspecified atom stereocenters. The summed E-state index contributed by atoms with van der Waals surface area (Å²) in [7, 11) is 0. The summed E-state index contributed by atoms with van der Waals surface area (Å²) in [6.45, 7) is 1.86. The second-order valence-electron chi connectivity index (χ2n) is 6.79. The molecule has 0 heterocycles. The number of benzene rings is 3. The van der Waals surface area contributed by atoms with E-state index in [0.29, 0.717) is 5.56 Å². The highest BCUT2D eigenvalue weighted by Gasteiger charge is 2.14. The lowest BCUT2D eigenvalue weighted by Gasteiger charge is -2.09. The van der Waals surface area contributed by atoms with Crippen LogP contribution in [0.1, 0.15) is 28.4 Å². The fourth-order valence-corrected chi connectivity index (χ4v) is 2.79. The SMILES string of the molecule is CC(=Cc1ccccc1)C=C(NC(=O)c1ccccc1)C(=O)NN=Cc1ccccc1. The highest BCUT2D eigenvalue weighted by Crippen LogP contribution is 2.10. The van der Waals surface area contributed by atoms with Crippen molar-refractivity contribution >= 4 is 24.1 Å². The lowest BCUT2D eigenvalue weighted by atomic mass is 10.1. The number of amides is 2. The van der Waals surface area contributed by atoms with Crippen LogP contribution in [0.5, 0.6) is 0 Å². The van der Waals surface area contributed by atoms with Crippen LogP contribution in [0.3, 0.4) is 0 Å². The maximum atomic E-state index is 12.8. The van der Waals surface area contributed by atoms with Gasteiger partial charge in [-0.15, -0.1) is 0 Å². The first kappa shape index (κ1) is 21.5. The van der Waals surface area contributed by atoms with Crippen LogP contribution >= 0.6 is 0 Å². The summed E-state index contributed by atoms with van der Waals surface area (Å²) < 4.78 is 0. The Balaban J connectivity index is 1.80. The minimum Gasteiger partial charge on any atom is -0.317 e. The van der Waals surface area contributed by atoms with Gasteiger partial charge in [0.1, 0.15) is 5.70 Å². The highest BCUT2D eigenvalue weighted by molar-refractivity contribution is 6.03. The summed E-state index contributed by atoms with van der Waals surface area (Å²) >= 11 is 0. The maximum absolute atomic E-state index is 12.8. The van der Waals surface area contributed by atoms with Crippen molar-refractivity contribution in [2.24, 2.45) is 5.10 Å². The van der Waals surface area contributed by atoms with E-state index in [4.69, 9.17) is 0 Å². The first-order valence-corrected chi connectivity index (χ1v) is 9.82. The van der Waals surface area contributed by atoms with Crippen molar-refractivity contribution in [2.75, 3.05) is 0 Å². The fraction of sp³-hybridized carbons (Fsp3) is 0.0385. The second-order valence-corrected chi connectivity index (χ2v) is 6.79. The predicted octanol–water partition coefficient (Wildman–Crippen LogP) is 4.55. The number of nitrogens with one attached hydrogen (secondary N) is 2. The number of carbonyl (C=O) groups excluding carboxylic acids is 2. The third kappa shape index (κ3) is 6.94. The van der Waals surface area contributed by atoms with E-state index in [1.807, 2.05) is 79.7 Å². The molecule has 5 heteroatoms. The Bertz CT molecular complexity index is 1100. The average molecular weight is 409 g/mol. The number of allylic oxidation sites excluding steroid dienone is 2. The zero-order valence-electron chi connectivity index (χ0n) is 17.2. The topological polar surface area (TPSA) is 70.6 Å². The molecule has 0 radical (unpaired) electrons. The number of hydrogen-bond donors (Lipinski definition) is 2. The normalized spacial score (nSPS) is 11.9. The van der Waals surface area contributed by atoms with Crippen molar-refractivity contribution in [3.8, 4) is 0 Å². The van der Waals surface area contributed by atoms with Crippen molar-refractivity contribution in [1.82, 2.24) is 10.7 Å². The molecule has 0 bridgehead atoms. The van der Waals surface area contributed by atoms with Gasteiger partial charge in [0, 0.05) is 5.56 Å². The van der Waals surface area contributed by atoms with Gasteiger partial charge >= 0.3 is 0 Å². The molecular formula is C26H23N3O2. The van der Waals surface area contributed by atoms with Gasteiger partial charge in [-0.3, -0.25) is 9.59 Å². The summed E-state index contributed by atoms with van der Waals surface area (Å²) in [5.41, 5.74) is 5.68. The van der Waals surface area contributed by atoms with Gasteiger partial charge < -0.3 is 5.32 Å². The molecule has 0 aliphatic rings. The number of nitrogens with zero attached hydrogens (tertiary/aromatic N) is 1. The molecule has 3 aromatic rings. The first-order chi connectivity index (χ1) is 15.1. The maximum Gasteiger partial charge on any atom is 0.287 e. The van der Waals surface area contributed by atoms with Crippen LogP contribution in [0.25, 0.3) is 6.08 Å². The van der Waals surface area contributed by atoms with Gasteiger partial charge in [0.05, 0.1) is 6.21 Å². The van der Waals surface area contributed by atoms with Crippen molar-refractivity contribution in [1.29, 1.82) is 0 Å². The summed E-state index contributed by atoms with van der Waals surface area (Å²) in [4.78, 5) is 25.4. The lowest BCUT2D eigenvalue weighted by molar-refractivity contribution is -0.117. The number of carbonyl (C=O) groups is 2. The molecule has 3 rings (SSSR count). The molecule has 2 N–H and O–H groups in total. The van der Waals surface area contributed by atoms with Crippen LogP contribution in [0, 0.1) is 0 Å². The highest BCUT2D eigenvalue weighted by atomic mass is 16.2. The lowest BCUT2D eigenvalue weighted by Crippen LogP contribution is -2.33. The molecular weight excluding hydrogens is 386 g/mol. The molecule has 0 fully saturated rings. The van der Waals surface area contributed by atoms with Crippen LogP contribution < -0.4 is 10.7 Å². The van der Waals surface area contributed by atoms with E-state index in [9.17, 15) is 9.59 Å². The van der Waals surface area contributed by atoms with E-state index < -0.39 is 5.91 Å². The number of hydrazone groups is 1. The van der Waals surface area contributed by atoms with Crippen molar-refractivity contribution < 1.29 is 9.59 Å². The summed E-state index contributed by atoms with van der Waals surface area (Å²) in [6.07, 6.45) is 5.09. The molecule has 0 saturated carbocycles. The van der Waals surface area contributed by atoms with Crippen LogP contribution in [0.2, 0.25) is 0 Å². The fourth-order valence-electron chi connectivity index (χ4n) is 2.79. The molecule has 0 saturated heterocycles. The molecule has 2 amide bonds. The standard InChI is InChI=1S/C26H23N3O2/c1-20(17-21-11-5-2-6-12-21)18-24(28-25(30)23-15-9-4-10-16-23)26(31)29-27-19-22-13-7-3-8-14-22/h2-19H,1H3,(H,28,30)(H,29,31). The minimum atomic E-state index is -0.516. The zero-order chi connectivity index (χ0) is 21.9. The van der Waals surface area contributed by atoms with E-state index in [-0.39, 0.29) is 11.6 Å². The monoisotopic (exact) mass is 409 g/mol. The van der Waals surface area contributed by atoms with Crippen LogP contribution in [0.4, 0.5) is 0 Å². The van der Waals surface area contributed by atoms with Crippen molar-refractivity contribution in [2.45, 2.75) is 6.92 Å². The van der Waals surface area contributed by atoms with Gasteiger partial charge in [0.2, 0.25) is 0 Å². The van der Waals surface area contributed by atoms with Gasteiger partial charge in [-0.2, -0.15) is 5.10 Å². The Labute approximate surface area is 181 Å². The van der Waals surface area contributed by atoms with Crippen molar-refractivity contribution in [3.63, 3.8) is 0 Å². The molecule has 5 nitrogen and oxygen atoms in total. The largest absolute Gasteiger partial charge is 0.317 e. The van der Waals surface area contributed by atoms with Gasteiger partial charge in [-0.1, -0.05) is 84.9 Å². The summed E-state index contributed by atoms with van der Waals surface area (Å²) in [6, 6.07) is 27.9. The van der Waals surface area contributed by atoms with E-state index in [2.05, 4.69) is 15.8 Å². The average Bonchev–Trinajstić information content (AvgIpc) is 2.80. The Morgan fingerprint density at radius 2 is 1.32 bits per heavy atom. The Morgan fingerprint density at radius 3 is 1.94 bits per heavy atom. The van der Waals surface area contributed by atoms with Crippen LogP contribution in [-0.2, 0) is 4.79 Å². The van der Waals surface area contributed by atoms with E-state index in [1.165, 1.54) is 0 Å². The molecule has 31 heavy (non-hydrogen) atoms. The summed E-state index contributed by atoms with van der Waals surface area (Å²) in [5, 5.41) is 6.69. The Kier molecular flexibility index (Phi) is 7.66. The second kappa shape index (κ2) is 11.1. The van der Waals surface area contributed by atoms with Gasteiger partial charge in [-0.05, 0) is 41.8 Å². The smallest absolute Gasteiger partial charge is 0.287 e. The number of hydrogen-bond acceptors (Lipinski definition) is 3. The van der Waals surface area contributed by atoms with Crippen LogP contribution in [0.15, 0.2) is 113 Å².